The summed E-state index contributed by atoms with van der Waals surface area (Å²) in [7, 11) is 1.50. The van der Waals surface area contributed by atoms with Crippen molar-refractivity contribution in [3.05, 3.63) is 58.3 Å². The van der Waals surface area contributed by atoms with Gasteiger partial charge in [0.05, 0.1) is 31.1 Å². The van der Waals surface area contributed by atoms with E-state index in [9.17, 15) is 9.59 Å². The molecule has 1 N–H and O–H groups in total. The summed E-state index contributed by atoms with van der Waals surface area (Å²) in [6, 6.07) is 8.08. The average Bonchev–Trinajstić information content (AvgIpc) is 2.64. The van der Waals surface area contributed by atoms with Crippen molar-refractivity contribution in [2.24, 2.45) is 7.05 Å². The van der Waals surface area contributed by atoms with Gasteiger partial charge in [-0.05, 0) is 24.6 Å². The van der Waals surface area contributed by atoms with Gasteiger partial charge in [-0.2, -0.15) is 5.10 Å². The summed E-state index contributed by atoms with van der Waals surface area (Å²) in [5, 5.41) is 6.84. The Morgan fingerprint density at radius 3 is 3.04 bits per heavy atom. The topological polar surface area (TPSA) is 95.3 Å². The SMILES string of the molecule is Cn1nc(C(=O)N[C@@H]2COCC[C@H]2OCc2ccccn2)ccc1=O. The maximum atomic E-state index is 12.4. The van der Waals surface area contributed by atoms with Gasteiger partial charge in [0.25, 0.3) is 11.5 Å². The molecule has 1 amide bonds. The van der Waals surface area contributed by atoms with E-state index in [0.717, 1.165) is 10.4 Å². The number of hydrogen-bond donors (Lipinski definition) is 1. The molecular weight excluding hydrogens is 324 g/mol. The summed E-state index contributed by atoms with van der Waals surface area (Å²) < 4.78 is 12.5. The highest BCUT2D eigenvalue weighted by molar-refractivity contribution is 5.92. The molecule has 2 aromatic rings. The van der Waals surface area contributed by atoms with Crippen LogP contribution in [0.2, 0.25) is 0 Å². The lowest BCUT2D eigenvalue weighted by Gasteiger charge is -2.31. The van der Waals surface area contributed by atoms with Crippen LogP contribution in [0.25, 0.3) is 0 Å². The summed E-state index contributed by atoms with van der Waals surface area (Å²) in [6.45, 7) is 1.32. The lowest BCUT2D eigenvalue weighted by Crippen LogP contribution is -2.50. The van der Waals surface area contributed by atoms with E-state index < -0.39 is 0 Å². The molecule has 0 spiro atoms. The van der Waals surface area contributed by atoms with Crippen LogP contribution in [-0.4, -0.2) is 46.0 Å². The van der Waals surface area contributed by atoms with Crippen LogP contribution in [0, 0.1) is 0 Å². The monoisotopic (exact) mass is 344 g/mol. The Morgan fingerprint density at radius 1 is 1.40 bits per heavy atom. The second-order valence-corrected chi connectivity index (χ2v) is 5.79. The zero-order valence-electron chi connectivity index (χ0n) is 13.9. The van der Waals surface area contributed by atoms with Crippen LogP contribution in [0.4, 0.5) is 0 Å². The standard InChI is InChI=1S/C17H20N4O4/c1-21-16(22)6-5-13(20-21)17(23)19-14-11-24-9-7-15(14)25-10-12-4-2-3-8-18-12/h2-6,8,14-15H,7,9-11H2,1H3,(H,19,23)/t14-,15-/m1/s1. The maximum absolute atomic E-state index is 12.4. The van der Waals surface area contributed by atoms with Gasteiger partial charge in [-0.1, -0.05) is 6.07 Å². The van der Waals surface area contributed by atoms with Gasteiger partial charge < -0.3 is 14.8 Å². The van der Waals surface area contributed by atoms with Crippen molar-refractivity contribution in [2.75, 3.05) is 13.2 Å². The Labute approximate surface area is 144 Å². The highest BCUT2D eigenvalue weighted by Gasteiger charge is 2.28. The van der Waals surface area contributed by atoms with E-state index in [2.05, 4.69) is 15.4 Å². The molecule has 1 aliphatic heterocycles. The number of aromatic nitrogens is 3. The molecule has 0 radical (unpaired) electrons. The number of amides is 1. The van der Waals surface area contributed by atoms with Gasteiger partial charge in [0.2, 0.25) is 0 Å². The molecular formula is C17H20N4O4. The van der Waals surface area contributed by atoms with E-state index in [1.165, 1.54) is 19.2 Å². The second-order valence-electron chi connectivity index (χ2n) is 5.79. The molecule has 0 aromatic carbocycles. The number of carbonyl (C=O) groups is 1. The zero-order valence-corrected chi connectivity index (χ0v) is 13.9. The van der Waals surface area contributed by atoms with E-state index in [1.54, 1.807) is 6.20 Å². The van der Waals surface area contributed by atoms with Crippen molar-refractivity contribution in [3.63, 3.8) is 0 Å². The Kier molecular flexibility index (Phi) is 5.52. The number of ether oxygens (including phenoxy) is 2. The first-order valence-corrected chi connectivity index (χ1v) is 8.08. The largest absolute Gasteiger partial charge is 0.379 e. The predicted octanol–water partition coefficient (Wildman–Crippen LogP) is 0.279. The first kappa shape index (κ1) is 17.2. The summed E-state index contributed by atoms with van der Waals surface area (Å²) in [4.78, 5) is 28.0. The number of aryl methyl sites for hydroxylation is 1. The molecule has 0 saturated carbocycles. The number of pyridine rings is 1. The number of nitrogens with one attached hydrogen (secondary N) is 1. The van der Waals surface area contributed by atoms with Gasteiger partial charge in [0.15, 0.2) is 0 Å². The Hall–Kier alpha value is -2.58. The third kappa shape index (κ3) is 4.49. The molecule has 8 heteroatoms. The molecule has 1 aliphatic rings. The first-order valence-electron chi connectivity index (χ1n) is 8.08. The van der Waals surface area contributed by atoms with Crippen LogP contribution < -0.4 is 10.9 Å². The molecule has 0 bridgehead atoms. The fourth-order valence-electron chi connectivity index (χ4n) is 2.59. The fraction of sp³-hybridized carbons (Fsp3) is 0.412. The quantitative estimate of drug-likeness (QED) is 0.837. The Morgan fingerprint density at radius 2 is 2.28 bits per heavy atom. The lowest BCUT2D eigenvalue weighted by atomic mass is 10.1. The highest BCUT2D eigenvalue weighted by Crippen LogP contribution is 2.14. The van der Waals surface area contributed by atoms with E-state index in [4.69, 9.17) is 9.47 Å². The smallest absolute Gasteiger partial charge is 0.272 e. The number of nitrogens with zero attached hydrogens (tertiary/aromatic N) is 3. The number of carbonyl (C=O) groups excluding carboxylic acids is 1. The maximum Gasteiger partial charge on any atom is 0.272 e. The fourth-order valence-corrected chi connectivity index (χ4v) is 2.59. The van der Waals surface area contributed by atoms with Gasteiger partial charge in [-0.15, -0.1) is 0 Å². The van der Waals surface area contributed by atoms with E-state index >= 15 is 0 Å². The van der Waals surface area contributed by atoms with Crippen molar-refractivity contribution in [1.29, 1.82) is 0 Å². The highest BCUT2D eigenvalue weighted by atomic mass is 16.5. The molecule has 3 rings (SSSR count). The van der Waals surface area contributed by atoms with Crippen LogP contribution >= 0.6 is 0 Å². The van der Waals surface area contributed by atoms with Crippen molar-refractivity contribution < 1.29 is 14.3 Å². The van der Waals surface area contributed by atoms with E-state index in [1.807, 2.05) is 18.2 Å². The van der Waals surface area contributed by atoms with Crippen LogP contribution in [0.1, 0.15) is 22.6 Å². The Balaban J connectivity index is 1.63. The summed E-state index contributed by atoms with van der Waals surface area (Å²) in [5.74, 6) is -0.363. The minimum absolute atomic E-state index is 0.174. The molecule has 132 valence electrons. The van der Waals surface area contributed by atoms with E-state index in [-0.39, 0.29) is 29.3 Å². The average molecular weight is 344 g/mol. The minimum Gasteiger partial charge on any atom is -0.379 e. The van der Waals surface area contributed by atoms with Crippen molar-refractivity contribution in [2.45, 2.75) is 25.2 Å². The molecule has 3 heterocycles. The zero-order chi connectivity index (χ0) is 17.6. The third-order valence-electron chi connectivity index (χ3n) is 3.97. The summed E-state index contributed by atoms with van der Waals surface area (Å²) >= 11 is 0. The third-order valence-corrected chi connectivity index (χ3v) is 3.97. The molecule has 1 saturated heterocycles. The van der Waals surface area contributed by atoms with Crippen molar-refractivity contribution in [3.8, 4) is 0 Å². The van der Waals surface area contributed by atoms with Gasteiger partial charge in [-0.25, -0.2) is 4.68 Å². The summed E-state index contributed by atoms with van der Waals surface area (Å²) in [5.41, 5.74) is 0.740. The molecule has 1 fully saturated rings. The molecule has 2 aromatic heterocycles. The predicted molar refractivity (Wildman–Crippen MR) is 89.0 cm³/mol. The summed E-state index contributed by atoms with van der Waals surface area (Å²) in [6.07, 6.45) is 2.22. The van der Waals surface area contributed by atoms with Gasteiger partial charge in [0, 0.05) is 25.9 Å². The van der Waals surface area contributed by atoms with Gasteiger partial charge >= 0.3 is 0 Å². The molecule has 0 unspecified atom stereocenters. The van der Waals surface area contributed by atoms with Crippen molar-refractivity contribution >= 4 is 5.91 Å². The van der Waals surface area contributed by atoms with Crippen LogP contribution in [0.15, 0.2) is 41.3 Å². The first-order chi connectivity index (χ1) is 12.1. The van der Waals surface area contributed by atoms with Crippen molar-refractivity contribution in [1.82, 2.24) is 20.1 Å². The number of rotatable bonds is 5. The molecule has 8 nitrogen and oxygen atoms in total. The molecule has 25 heavy (non-hydrogen) atoms. The van der Waals surface area contributed by atoms with Gasteiger partial charge in [-0.3, -0.25) is 14.6 Å². The van der Waals surface area contributed by atoms with Crippen LogP contribution in [-0.2, 0) is 23.1 Å². The number of hydrogen-bond acceptors (Lipinski definition) is 6. The van der Waals surface area contributed by atoms with Crippen LogP contribution in [0.5, 0.6) is 0 Å². The van der Waals surface area contributed by atoms with E-state index in [0.29, 0.717) is 26.2 Å². The Bertz CT molecular complexity index is 778. The normalized spacial score (nSPS) is 20.2. The van der Waals surface area contributed by atoms with Gasteiger partial charge in [0.1, 0.15) is 5.69 Å². The lowest BCUT2D eigenvalue weighted by molar-refractivity contribution is -0.0613. The molecule has 2 atom stereocenters. The minimum atomic E-state index is -0.363. The molecule has 0 aliphatic carbocycles. The second kappa shape index (κ2) is 8.00. The van der Waals surface area contributed by atoms with Crippen LogP contribution in [0.3, 0.4) is 0 Å².